The maximum atomic E-state index is 12.0. The average Bonchev–Trinajstić information content (AvgIpc) is 2.70. The fourth-order valence-electron chi connectivity index (χ4n) is 2.85. The zero-order valence-electron chi connectivity index (χ0n) is 14.6. The van der Waals surface area contributed by atoms with Gasteiger partial charge in [-0.2, -0.15) is 0 Å². The van der Waals surface area contributed by atoms with Crippen LogP contribution < -0.4 is 15.0 Å². The van der Waals surface area contributed by atoms with Crippen LogP contribution in [0.4, 0.5) is 10.5 Å². The summed E-state index contributed by atoms with van der Waals surface area (Å²) in [6.07, 6.45) is 3.85. The largest absolute Gasteiger partial charge is 0.424 e. The lowest BCUT2D eigenvalue weighted by molar-refractivity contribution is 0.246. The van der Waals surface area contributed by atoms with Crippen molar-refractivity contribution < 1.29 is 9.53 Å². The van der Waals surface area contributed by atoms with E-state index in [9.17, 15) is 4.79 Å². The first-order valence-corrected chi connectivity index (χ1v) is 8.61. The van der Waals surface area contributed by atoms with E-state index in [1.165, 1.54) is 0 Å². The van der Waals surface area contributed by atoms with Gasteiger partial charge in [-0.05, 0) is 23.3 Å². The number of anilines is 1. The minimum atomic E-state index is -0.223. The predicted molar refractivity (Wildman–Crippen MR) is 104 cm³/mol. The summed E-state index contributed by atoms with van der Waals surface area (Å²) < 4.78 is 5.77. The highest BCUT2D eigenvalue weighted by atomic mass is 16.5. The Morgan fingerprint density at radius 1 is 1.00 bits per heavy atom. The Morgan fingerprint density at radius 2 is 1.74 bits per heavy atom. The van der Waals surface area contributed by atoms with Crippen LogP contribution in [-0.2, 0) is 0 Å². The van der Waals surface area contributed by atoms with E-state index in [-0.39, 0.29) is 12.0 Å². The number of ether oxygens (including phenoxy) is 1. The lowest BCUT2D eigenvalue weighted by Crippen LogP contribution is -2.45. The molecule has 1 aromatic heterocycles. The van der Waals surface area contributed by atoms with Crippen LogP contribution in [-0.4, -0.2) is 22.5 Å². The summed E-state index contributed by atoms with van der Waals surface area (Å²) >= 11 is 0. The van der Waals surface area contributed by atoms with E-state index in [1.807, 2.05) is 54.6 Å². The molecule has 2 heterocycles. The molecule has 1 N–H and O–H groups in total. The van der Waals surface area contributed by atoms with Gasteiger partial charge in [0.15, 0.2) is 0 Å². The van der Waals surface area contributed by atoms with Crippen molar-refractivity contribution in [3.05, 3.63) is 79.3 Å². The van der Waals surface area contributed by atoms with Crippen LogP contribution in [0.3, 0.4) is 0 Å². The van der Waals surface area contributed by atoms with Gasteiger partial charge in [-0.15, -0.1) is 0 Å². The van der Waals surface area contributed by atoms with Crippen LogP contribution in [0.2, 0.25) is 0 Å². The zero-order chi connectivity index (χ0) is 18.6. The second-order valence-electron chi connectivity index (χ2n) is 6.16. The topological polar surface area (TPSA) is 67.3 Å². The number of nitrogens with zero attached hydrogens (tertiary/aromatic N) is 3. The molecule has 0 saturated carbocycles. The van der Waals surface area contributed by atoms with E-state index in [0.717, 1.165) is 16.8 Å². The number of aromatic nitrogens is 2. The Kier molecular flexibility index (Phi) is 4.53. The summed E-state index contributed by atoms with van der Waals surface area (Å²) in [5.74, 6) is 0.649. The summed E-state index contributed by atoms with van der Waals surface area (Å²) in [6.45, 7) is 4.32. The van der Waals surface area contributed by atoms with Crippen LogP contribution in [0.5, 0.6) is 11.8 Å². The van der Waals surface area contributed by atoms with Gasteiger partial charge in [-0.1, -0.05) is 49.0 Å². The highest BCUT2D eigenvalue weighted by molar-refractivity contribution is 5.93. The molecule has 0 aliphatic carbocycles. The minimum absolute atomic E-state index is 0.223. The molecule has 27 heavy (non-hydrogen) atoms. The number of carbonyl (C=O) groups is 1. The van der Waals surface area contributed by atoms with Gasteiger partial charge in [0.25, 0.3) is 0 Å². The van der Waals surface area contributed by atoms with Crippen molar-refractivity contribution in [2.45, 2.75) is 6.42 Å². The Bertz CT molecular complexity index is 971. The van der Waals surface area contributed by atoms with Crippen LogP contribution in [0, 0.1) is 0 Å². The molecule has 4 rings (SSSR count). The third kappa shape index (κ3) is 3.79. The molecule has 6 nitrogen and oxygen atoms in total. The molecule has 1 fully saturated rings. The molecule has 1 saturated heterocycles. The lowest BCUT2D eigenvalue weighted by atomic mass is 10.1. The molecule has 0 bridgehead atoms. The maximum Gasteiger partial charge on any atom is 0.326 e. The van der Waals surface area contributed by atoms with E-state index < -0.39 is 0 Å². The van der Waals surface area contributed by atoms with Gasteiger partial charge in [0, 0.05) is 18.7 Å². The highest BCUT2D eigenvalue weighted by Crippen LogP contribution is 2.26. The molecule has 1 aliphatic heterocycles. The summed E-state index contributed by atoms with van der Waals surface area (Å²) in [5, 5.41) is 2.71. The van der Waals surface area contributed by atoms with Gasteiger partial charge >= 0.3 is 12.0 Å². The van der Waals surface area contributed by atoms with E-state index in [0.29, 0.717) is 24.4 Å². The Hall–Kier alpha value is -3.67. The smallest absolute Gasteiger partial charge is 0.326 e. The third-order valence-electron chi connectivity index (χ3n) is 4.24. The number of amides is 2. The minimum Gasteiger partial charge on any atom is -0.424 e. The summed E-state index contributed by atoms with van der Waals surface area (Å²) in [7, 11) is 0. The van der Waals surface area contributed by atoms with Crippen molar-refractivity contribution in [3.8, 4) is 22.9 Å². The average molecular weight is 358 g/mol. The SMILES string of the molecule is C=C1CCN(c2cnc(Oc3cccc(-c4ccccc4)c3)nc2)C(=O)N1. The van der Waals surface area contributed by atoms with Crippen molar-refractivity contribution in [3.63, 3.8) is 0 Å². The molecule has 1 aliphatic rings. The summed E-state index contributed by atoms with van der Waals surface area (Å²) in [4.78, 5) is 22.1. The molecular weight excluding hydrogens is 340 g/mol. The first kappa shape index (κ1) is 16.8. The van der Waals surface area contributed by atoms with Crippen molar-refractivity contribution >= 4 is 11.7 Å². The van der Waals surface area contributed by atoms with Gasteiger partial charge in [-0.3, -0.25) is 4.90 Å². The molecule has 0 unspecified atom stereocenters. The number of nitrogens with one attached hydrogen (secondary N) is 1. The third-order valence-corrected chi connectivity index (χ3v) is 4.24. The number of rotatable bonds is 4. The normalized spacial score (nSPS) is 14.0. The second-order valence-corrected chi connectivity index (χ2v) is 6.16. The monoisotopic (exact) mass is 358 g/mol. The maximum absolute atomic E-state index is 12.0. The molecule has 134 valence electrons. The van der Waals surface area contributed by atoms with Crippen LogP contribution >= 0.6 is 0 Å². The van der Waals surface area contributed by atoms with E-state index in [4.69, 9.17) is 4.74 Å². The Balaban J connectivity index is 1.49. The molecule has 2 amide bonds. The number of urea groups is 1. The molecular formula is C21H18N4O2. The molecule has 3 aromatic rings. The number of benzene rings is 2. The lowest BCUT2D eigenvalue weighted by Gasteiger charge is -2.28. The molecule has 2 aromatic carbocycles. The van der Waals surface area contributed by atoms with Gasteiger partial charge < -0.3 is 10.1 Å². The number of hydrogen-bond acceptors (Lipinski definition) is 4. The fraction of sp³-hybridized carbons (Fsp3) is 0.0952. The second kappa shape index (κ2) is 7.29. The van der Waals surface area contributed by atoms with Crippen LogP contribution in [0.25, 0.3) is 11.1 Å². The molecule has 0 atom stereocenters. The highest BCUT2D eigenvalue weighted by Gasteiger charge is 2.21. The van der Waals surface area contributed by atoms with E-state index in [2.05, 4.69) is 21.9 Å². The quantitative estimate of drug-likeness (QED) is 0.752. The molecule has 6 heteroatoms. The van der Waals surface area contributed by atoms with Gasteiger partial charge in [0.05, 0.1) is 18.1 Å². The molecule has 0 spiro atoms. The van der Waals surface area contributed by atoms with Crippen molar-refractivity contribution in [1.82, 2.24) is 15.3 Å². The summed E-state index contributed by atoms with van der Waals surface area (Å²) in [5.41, 5.74) is 3.49. The fourth-order valence-corrected chi connectivity index (χ4v) is 2.85. The number of carbonyl (C=O) groups excluding carboxylic acids is 1. The predicted octanol–water partition coefficient (Wildman–Crippen LogP) is 4.37. The van der Waals surface area contributed by atoms with Crippen LogP contribution in [0.15, 0.2) is 79.3 Å². The Morgan fingerprint density at radius 3 is 2.48 bits per heavy atom. The zero-order valence-corrected chi connectivity index (χ0v) is 14.6. The van der Waals surface area contributed by atoms with Gasteiger partial charge in [0.1, 0.15) is 5.75 Å². The first-order chi connectivity index (χ1) is 13.2. The van der Waals surface area contributed by atoms with Crippen molar-refractivity contribution in [2.24, 2.45) is 0 Å². The number of hydrogen-bond donors (Lipinski definition) is 1. The van der Waals surface area contributed by atoms with Crippen LogP contribution in [0.1, 0.15) is 6.42 Å². The Labute approximate surface area is 157 Å². The summed E-state index contributed by atoms with van der Waals surface area (Å²) in [6, 6.07) is 17.8. The van der Waals surface area contributed by atoms with Crippen molar-refractivity contribution in [1.29, 1.82) is 0 Å². The van der Waals surface area contributed by atoms with Gasteiger partial charge in [-0.25, -0.2) is 14.8 Å². The van der Waals surface area contributed by atoms with Crippen molar-refractivity contribution in [2.75, 3.05) is 11.4 Å². The van der Waals surface area contributed by atoms with E-state index in [1.54, 1.807) is 17.3 Å². The van der Waals surface area contributed by atoms with E-state index >= 15 is 0 Å². The molecule has 0 radical (unpaired) electrons. The van der Waals surface area contributed by atoms with Gasteiger partial charge in [0.2, 0.25) is 0 Å². The standard InChI is InChI=1S/C21H18N4O2/c1-15-10-11-25(21(26)24-15)18-13-22-20(23-14-18)27-19-9-5-8-17(12-19)16-6-3-2-4-7-16/h2-9,12-14H,1,10-11H2,(H,24,26). The first-order valence-electron chi connectivity index (χ1n) is 8.61.